The zero-order chi connectivity index (χ0) is 18.9. The van der Waals surface area contributed by atoms with Crippen molar-refractivity contribution in [2.45, 2.75) is 52.2 Å². The number of carbonyl (C=O) groups is 2. The van der Waals surface area contributed by atoms with Gasteiger partial charge in [-0.05, 0) is 40.7 Å². The number of thiazole rings is 1. The number of carbonyl (C=O) groups excluding carboxylic acids is 2. The molecule has 7 nitrogen and oxygen atoms in total. The predicted molar refractivity (Wildman–Crippen MR) is 101 cm³/mol. The Morgan fingerprint density at radius 2 is 2.08 bits per heavy atom. The summed E-state index contributed by atoms with van der Waals surface area (Å²) in [6.45, 7) is 8.46. The molecule has 2 amide bonds. The fourth-order valence-corrected chi connectivity index (χ4v) is 4.36. The van der Waals surface area contributed by atoms with Crippen LogP contribution in [0.3, 0.4) is 0 Å². The van der Waals surface area contributed by atoms with E-state index in [9.17, 15) is 9.59 Å². The minimum Gasteiger partial charge on any atom is -0.444 e. The van der Waals surface area contributed by atoms with E-state index >= 15 is 0 Å². The molecule has 0 spiro atoms. The number of nitrogens with one attached hydrogen (secondary N) is 1. The second kappa shape index (κ2) is 7.52. The quantitative estimate of drug-likeness (QED) is 0.854. The third kappa shape index (κ3) is 4.73. The summed E-state index contributed by atoms with van der Waals surface area (Å²) in [6.07, 6.45) is 2.16. The summed E-state index contributed by atoms with van der Waals surface area (Å²) in [6, 6.07) is 0. The maximum Gasteiger partial charge on any atom is 0.410 e. The summed E-state index contributed by atoms with van der Waals surface area (Å²) in [5, 5.41) is 3.63. The van der Waals surface area contributed by atoms with Crippen LogP contribution in [0.2, 0.25) is 0 Å². The largest absolute Gasteiger partial charge is 0.444 e. The number of fused-ring (bicyclic) bond motifs is 1. The Labute approximate surface area is 158 Å². The highest BCUT2D eigenvalue weighted by Gasteiger charge is 2.31. The number of hydrogen-bond acceptors (Lipinski definition) is 6. The minimum atomic E-state index is -0.528. The van der Waals surface area contributed by atoms with Gasteiger partial charge in [0.1, 0.15) is 5.60 Å². The van der Waals surface area contributed by atoms with Gasteiger partial charge in [-0.3, -0.25) is 4.79 Å². The van der Waals surface area contributed by atoms with Gasteiger partial charge in [-0.15, -0.1) is 11.3 Å². The molecule has 0 aliphatic carbocycles. The molecule has 1 N–H and O–H groups in total. The highest BCUT2D eigenvalue weighted by atomic mass is 32.1. The Morgan fingerprint density at radius 1 is 1.31 bits per heavy atom. The topological polar surface area (TPSA) is 74.8 Å². The van der Waals surface area contributed by atoms with Gasteiger partial charge < -0.3 is 19.9 Å². The van der Waals surface area contributed by atoms with Crippen LogP contribution in [0, 0.1) is 5.92 Å². The van der Waals surface area contributed by atoms with Crippen LogP contribution in [0.15, 0.2) is 0 Å². The maximum atomic E-state index is 12.7. The van der Waals surface area contributed by atoms with Crippen LogP contribution in [-0.4, -0.2) is 59.1 Å². The first-order valence-electron chi connectivity index (χ1n) is 9.17. The predicted octanol–water partition coefficient (Wildman–Crippen LogP) is 2.72. The SMILES string of the molecule is CN1CCc2nc(NC(=O)C3CCCN(C(=O)OC(C)(C)C)C3)sc2C1. The van der Waals surface area contributed by atoms with E-state index < -0.39 is 5.60 Å². The lowest BCUT2D eigenvalue weighted by atomic mass is 9.97. The van der Waals surface area contributed by atoms with Gasteiger partial charge >= 0.3 is 6.09 Å². The average molecular weight is 381 g/mol. The summed E-state index contributed by atoms with van der Waals surface area (Å²) in [5.74, 6) is -0.280. The van der Waals surface area contributed by atoms with Crippen molar-refractivity contribution in [3.05, 3.63) is 10.6 Å². The molecular weight excluding hydrogens is 352 g/mol. The van der Waals surface area contributed by atoms with Gasteiger partial charge in [-0.2, -0.15) is 0 Å². The molecule has 1 aromatic heterocycles. The number of anilines is 1. The van der Waals surface area contributed by atoms with E-state index in [4.69, 9.17) is 4.74 Å². The second-order valence-corrected chi connectivity index (χ2v) is 9.22. The Kier molecular flexibility index (Phi) is 5.53. The van der Waals surface area contributed by atoms with Crippen molar-refractivity contribution in [1.29, 1.82) is 0 Å². The number of rotatable bonds is 2. The third-order valence-corrected chi connectivity index (χ3v) is 5.59. The van der Waals surface area contributed by atoms with Crippen molar-refractivity contribution in [3.8, 4) is 0 Å². The standard InChI is InChI=1S/C18H28N4O3S/c1-18(2,3)25-17(24)22-8-5-6-12(10-22)15(23)20-16-19-13-7-9-21(4)11-14(13)26-16/h12H,5-11H2,1-4H3,(H,19,20,23). The molecular formula is C18H28N4O3S. The van der Waals surface area contributed by atoms with Crippen LogP contribution in [0.25, 0.3) is 0 Å². The molecule has 1 saturated heterocycles. The van der Waals surface area contributed by atoms with Crippen LogP contribution >= 0.6 is 11.3 Å². The zero-order valence-corrected chi connectivity index (χ0v) is 16.8. The van der Waals surface area contributed by atoms with E-state index in [0.29, 0.717) is 18.2 Å². The van der Waals surface area contributed by atoms with Crippen molar-refractivity contribution in [2.75, 3.05) is 32.0 Å². The van der Waals surface area contributed by atoms with E-state index in [1.165, 1.54) is 4.88 Å². The van der Waals surface area contributed by atoms with Gasteiger partial charge in [0.05, 0.1) is 11.6 Å². The minimum absolute atomic E-state index is 0.0577. The molecule has 1 unspecified atom stereocenters. The molecule has 144 valence electrons. The summed E-state index contributed by atoms with van der Waals surface area (Å²) < 4.78 is 5.43. The van der Waals surface area contributed by atoms with E-state index in [0.717, 1.165) is 38.0 Å². The summed E-state index contributed by atoms with van der Waals surface area (Å²) in [4.78, 5) is 34.6. The van der Waals surface area contributed by atoms with Crippen LogP contribution in [0.4, 0.5) is 9.93 Å². The van der Waals surface area contributed by atoms with Crippen molar-refractivity contribution < 1.29 is 14.3 Å². The fourth-order valence-electron chi connectivity index (χ4n) is 3.27. The highest BCUT2D eigenvalue weighted by Crippen LogP contribution is 2.29. The fraction of sp³-hybridized carbons (Fsp3) is 0.722. The van der Waals surface area contributed by atoms with Crippen LogP contribution in [-0.2, 0) is 22.5 Å². The summed E-state index contributed by atoms with van der Waals surface area (Å²) in [7, 11) is 2.09. The second-order valence-electron chi connectivity index (χ2n) is 8.13. The van der Waals surface area contributed by atoms with E-state index in [1.807, 2.05) is 20.8 Å². The molecule has 2 aliphatic rings. The maximum absolute atomic E-state index is 12.7. The van der Waals surface area contributed by atoms with Crippen molar-refractivity contribution in [2.24, 2.45) is 5.92 Å². The Balaban J connectivity index is 1.58. The normalized spacial score (nSPS) is 21.2. The van der Waals surface area contributed by atoms with Gasteiger partial charge in [-0.1, -0.05) is 0 Å². The zero-order valence-electron chi connectivity index (χ0n) is 16.0. The molecule has 0 saturated carbocycles. The van der Waals surface area contributed by atoms with E-state index in [2.05, 4.69) is 22.2 Å². The van der Waals surface area contributed by atoms with Crippen LogP contribution < -0.4 is 5.32 Å². The molecule has 3 heterocycles. The van der Waals surface area contributed by atoms with Gasteiger partial charge in [-0.25, -0.2) is 9.78 Å². The van der Waals surface area contributed by atoms with Gasteiger partial charge in [0, 0.05) is 37.5 Å². The lowest BCUT2D eigenvalue weighted by molar-refractivity contribution is -0.121. The Morgan fingerprint density at radius 3 is 2.81 bits per heavy atom. The number of amides is 2. The highest BCUT2D eigenvalue weighted by molar-refractivity contribution is 7.15. The molecule has 0 radical (unpaired) electrons. The molecule has 26 heavy (non-hydrogen) atoms. The number of hydrogen-bond donors (Lipinski definition) is 1. The van der Waals surface area contributed by atoms with Crippen molar-refractivity contribution in [3.63, 3.8) is 0 Å². The molecule has 8 heteroatoms. The number of nitrogens with zero attached hydrogens (tertiary/aromatic N) is 3. The number of ether oxygens (including phenoxy) is 1. The molecule has 2 aliphatic heterocycles. The molecule has 1 atom stereocenters. The third-order valence-electron chi connectivity index (χ3n) is 4.60. The first-order valence-corrected chi connectivity index (χ1v) is 9.99. The van der Waals surface area contributed by atoms with E-state index in [-0.39, 0.29) is 17.9 Å². The Hall–Kier alpha value is -1.67. The first-order chi connectivity index (χ1) is 12.2. The lowest BCUT2D eigenvalue weighted by Gasteiger charge is -2.33. The number of likely N-dealkylation sites (tertiary alicyclic amines) is 1. The van der Waals surface area contributed by atoms with Gasteiger partial charge in [0.2, 0.25) is 5.91 Å². The van der Waals surface area contributed by atoms with Crippen LogP contribution in [0.1, 0.15) is 44.2 Å². The number of piperidine rings is 1. The number of aromatic nitrogens is 1. The molecule has 0 aromatic carbocycles. The smallest absolute Gasteiger partial charge is 0.410 e. The summed E-state index contributed by atoms with van der Waals surface area (Å²) >= 11 is 1.56. The molecule has 1 aromatic rings. The molecule has 3 rings (SSSR count). The number of likely N-dealkylation sites (N-methyl/N-ethyl adjacent to an activating group) is 1. The van der Waals surface area contributed by atoms with Gasteiger partial charge in [0.15, 0.2) is 5.13 Å². The van der Waals surface area contributed by atoms with E-state index in [1.54, 1.807) is 16.2 Å². The molecule has 1 fully saturated rings. The average Bonchev–Trinajstić information content (AvgIpc) is 2.94. The lowest BCUT2D eigenvalue weighted by Crippen LogP contribution is -2.45. The van der Waals surface area contributed by atoms with Crippen LogP contribution in [0.5, 0.6) is 0 Å². The first kappa shape index (κ1) is 19.1. The van der Waals surface area contributed by atoms with Gasteiger partial charge in [0.25, 0.3) is 0 Å². The summed E-state index contributed by atoms with van der Waals surface area (Å²) in [5.41, 5.74) is 0.571. The monoisotopic (exact) mass is 380 g/mol. The molecule has 0 bridgehead atoms. The van der Waals surface area contributed by atoms with Crippen molar-refractivity contribution in [1.82, 2.24) is 14.8 Å². The van der Waals surface area contributed by atoms with Crippen molar-refractivity contribution >= 4 is 28.5 Å². The Bertz CT molecular complexity index is 682.